The number of carbonyl (C=O) groups excluding carboxylic acids is 1. The van der Waals surface area contributed by atoms with Gasteiger partial charge in [-0.3, -0.25) is 24.6 Å². The summed E-state index contributed by atoms with van der Waals surface area (Å²) in [5.41, 5.74) is 4.18. The van der Waals surface area contributed by atoms with E-state index < -0.39 is 0 Å². The molecule has 5 heterocycles. The number of carbonyl (C=O) groups is 1. The predicted octanol–water partition coefficient (Wildman–Crippen LogP) is 3.78. The summed E-state index contributed by atoms with van der Waals surface area (Å²) in [6.07, 6.45) is 10.00. The van der Waals surface area contributed by atoms with Gasteiger partial charge in [0, 0.05) is 42.8 Å². The molecule has 0 bridgehead atoms. The minimum absolute atomic E-state index is 0.101. The molecule has 164 valence electrons. The van der Waals surface area contributed by atoms with E-state index in [2.05, 4.69) is 33.9 Å². The summed E-state index contributed by atoms with van der Waals surface area (Å²) in [5, 5.41) is 0. The number of likely N-dealkylation sites (tertiary alicyclic amines) is 1. The molecule has 0 radical (unpaired) electrons. The zero-order valence-electron chi connectivity index (χ0n) is 18.4. The lowest BCUT2D eigenvalue weighted by Crippen LogP contribution is -2.38. The van der Waals surface area contributed by atoms with Gasteiger partial charge >= 0.3 is 0 Å². The first-order chi connectivity index (χ1) is 15.7. The van der Waals surface area contributed by atoms with E-state index in [1.54, 1.807) is 11.1 Å². The van der Waals surface area contributed by atoms with Crippen molar-refractivity contribution >= 4 is 11.7 Å². The Balaban J connectivity index is 1.48. The molecule has 3 aromatic rings. The molecule has 7 heteroatoms. The van der Waals surface area contributed by atoms with E-state index in [0.717, 1.165) is 54.5 Å². The van der Waals surface area contributed by atoms with Crippen molar-refractivity contribution < 1.29 is 4.79 Å². The largest absolute Gasteiger partial charge is 0.290 e. The quantitative estimate of drug-likeness (QED) is 0.616. The van der Waals surface area contributed by atoms with E-state index in [0.29, 0.717) is 19.4 Å². The van der Waals surface area contributed by atoms with Gasteiger partial charge in [0.2, 0.25) is 5.91 Å². The molecule has 2 aliphatic heterocycles. The highest BCUT2D eigenvalue weighted by molar-refractivity contribution is 5.95. The van der Waals surface area contributed by atoms with Crippen LogP contribution in [-0.2, 0) is 24.3 Å². The molecule has 2 aliphatic rings. The Labute approximate surface area is 188 Å². The Bertz CT molecular complexity index is 1090. The normalized spacial score (nSPS) is 19.1. The standard InChI is InChI=1S/C25H28N6O/c1-18-21-8-9-23(32)31(17-20-6-2-4-12-27-20)25(21)29-24(28-18)22-7-3-5-15-30(22)16-19-10-13-26-14-11-19/h2,4,6,10-14,22H,3,5,7-9,15-17H2,1H3/t22-/m0/s1. The molecule has 32 heavy (non-hydrogen) atoms. The highest BCUT2D eigenvalue weighted by Gasteiger charge is 2.32. The summed E-state index contributed by atoms with van der Waals surface area (Å²) < 4.78 is 0. The van der Waals surface area contributed by atoms with Crippen LogP contribution in [0.1, 0.15) is 60.1 Å². The smallest absolute Gasteiger partial charge is 0.228 e. The van der Waals surface area contributed by atoms with E-state index in [1.807, 2.05) is 30.6 Å². The number of aryl methyl sites for hydroxylation is 1. The molecule has 1 amide bonds. The minimum atomic E-state index is 0.101. The lowest BCUT2D eigenvalue weighted by Gasteiger charge is -2.36. The fourth-order valence-corrected chi connectivity index (χ4v) is 4.76. The van der Waals surface area contributed by atoms with Crippen LogP contribution in [0.3, 0.4) is 0 Å². The number of fused-ring (bicyclic) bond motifs is 1. The molecule has 0 saturated carbocycles. The van der Waals surface area contributed by atoms with Crippen LogP contribution in [0.25, 0.3) is 0 Å². The third-order valence-electron chi connectivity index (χ3n) is 6.45. The maximum atomic E-state index is 12.9. The van der Waals surface area contributed by atoms with E-state index in [9.17, 15) is 4.79 Å². The van der Waals surface area contributed by atoms with Gasteiger partial charge < -0.3 is 0 Å². The fraction of sp³-hybridized carbons (Fsp3) is 0.400. The summed E-state index contributed by atoms with van der Waals surface area (Å²) in [7, 11) is 0. The lowest BCUT2D eigenvalue weighted by molar-refractivity contribution is -0.119. The van der Waals surface area contributed by atoms with Crippen molar-refractivity contribution in [2.45, 2.75) is 58.2 Å². The Hall–Kier alpha value is -3.19. The summed E-state index contributed by atoms with van der Waals surface area (Å²) >= 11 is 0. The average Bonchev–Trinajstić information content (AvgIpc) is 2.82. The Morgan fingerprint density at radius 3 is 2.69 bits per heavy atom. The molecule has 3 aromatic heterocycles. The van der Waals surface area contributed by atoms with Crippen LogP contribution in [-0.4, -0.2) is 37.3 Å². The third-order valence-corrected chi connectivity index (χ3v) is 6.45. The minimum Gasteiger partial charge on any atom is -0.290 e. The highest BCUT2D eigenvalue weighted by Crippen LogP contribution is 2.35. The van der Waals surface area contributed by atoms with Gasteiger partial charge in [-0.05, 0) is 62.6 Å². The first-order valence-electron chi connectivity index (χ1n) is 11.4. The number of nitrogens with zero attached hydrogens (tertiary/aromatic N) is 6. The molecule has 7 nitrogen and oxygen atoms in total. The Morgan fingerprint density at radius 1 is 1.00 bits per heavy atom. The van der Waals surface area contributed by atoms with Crippen molar-refractivity contribution in [3.05, 3.63) is 77.3 Å². The zero-order valence-corrected chi connectivity index (χ0v) is 18.4. The maximum Gasteiger partial charge on any atom is 0.228 e. The van der Waals surface area contributed by atoms with E-state index >= 15 is 0 Å². The monoisotopic (exact) mass is 428 g/mol. The number of rotatable bonds is 5. The SMILES string of the molecule is Cc1nc([C@@H]2CCCCN2Cc2ccncc2)nc2c1CCC(=O)N2Cc1ccccn1. The molecule has 1 fully saturated rings. The van der Waals surface area contributed by atoms with Crippen LogP contribution >= 0.6 is 0 Å². The van der Waals surface area contributed by atoms with E-state index in [-0.39, 0.29) is 11.9 Å². The van der Waals surface area contributed by atoms with Crippen LogP contribution in [0.15, 0.2) is 48.9 Å². The van der Waals surface area contributed by atoms with E-state index in [1.165, 1.54) is 12.0 Å². The molecule has 1 atom stereocenters. The number of aromatic nitrogens is 4. The van der Waals surface area contributed by atoms with Crippen LogP contribution < -0.4 is 4.90 Å². The second-order valence-corrected chi connectivity index (χ2v) is 8.61. The number of pyridine rings is 2. The number of hydrogen-bond acceptors (Lipinski definition) is 6. The zero-order chi connectivity index (χ0) is 21.9. The summed E-state index contributed by atoms with van der Waals surface area (Å²) in [6, 6.07) is 10.1. The molecular formula is C25H28N6O. The number of piperidine rings is 1. The molecule has 0 spiro atoms. The lowest BCUT2D eigenvalue weighted by atomic mass is 9.98. The van der Waals surface area contributed by atoms with Crippen molar-refractivity contribution in [1.82, 2.24) is 24.8 Å². The summed E-state index contributed by atoms with van der Waals surface area (Å²) in [5.74, 6) is 1.70. The number of amides is 1. The average molecular weight is 429 g/mol. The van der Waals surface area contributed by atoms with Crippen molar-refractivity contribution in [1.29, 1.82) is 0 Å². The van der Waals surface area contributed by atoms with Crippen molar-refractivity contribution in [3.63, 3.8) is 0 Å². The molecule has 5 rings (SSSR count). The summed E-state index contributed by atoms with van der Waals surface area (Å²) in [4.78, 5) is 35.7. The van der Waals surface area contributed by atoms with Crippen LogP contribution in [0.2, 0.25) is 0 Å². The van der Waals surface area contributed by atoms with Gasteiger partial charge in [-0.1, -0.05) is 12.5 Å². The highest BCUT2D eigenvalue weighted by atomic mass is 16.2. The predicted molar refractivity (Wildman–Crippen MR) is 122 cm³/mol. The van der Waals surface area contributed by atoms with Gasteiger partial charge in [0.1, 0.15) is 11.6 Å². The van der Waals surface area contributed by atoms with Gasteiger partial charge in [-0.15, -0.1) is 0 Å². The van der Waals surface area contributed by atoms with Gasteiger partial charge in [0.15, 0.2) is 0 Å². The van der Waals surface area contributed by atoms with Gasteiger partial charge in [0.25, 0.3) is 0 Å². The van der Waals surface area contributed by atoms with Gasteiger partial charge in [-0.2, -0.15) is 0 Å². The molecule has 0 N–H and O–H groups in total. The topological polar surface area (TPSA) is 75.1 Å². The van der Waals surface area contributed by atoms with Gasteiger partial charge in [-0.25, -0.2) is 9.97 Å². The van der Waals surface area contributed by atoms with Crippen LogP contribution in [0.4, 0.5) is 5.82 Å². The molecule has 0 aliphatic carbocycles. The van der Waals surface area contributed by atoms with E-state index in [4.69, 9.17) is 9.97 Å². The van der Waals surface area contributed by atoms with Crippen molar-refractivity contribution in [3.8, 4) is 0 Å². The second kappa shape index (κ2) is 9.12. The third kappa shape index (κ3) is 4.25. The Kier molecular flexibility index (Phi) is 5.90. The Morgan fingerprint density at radius 2 is 1.88 bits per heavy atom. The molecule has 0 aromatic carbocycles. The molecule has 0 unspecified atom stereocenters. The number of hydrogen-bond donors (Lipinski definition) is 0. The maximum absolute atomic E-state index is 12.9. The van der Waals surface area contributed by atoms with Crippen LogP contribution in [0.5, 0.6) is 0 Å². The molecule has 1 saturated heterocycles. The van der Waals surface area contributed by atoms with Crippen LogP contribution in [0, 0.1) is 6.92 Å². The first kappa shape index (κ1) is 20.7. The number of anilines is 1. The van der Waals surface area contributed by atoms with Gasteiger partial charge in [0.05, 0.1) is 18.3 Å². The summed E-state index contributed by atoms with van der Waals surface area (Å²) in [6.45, 7) is 4.36. The fourth-order valence-electron chi connectivity index (χ4n) is 4.76. The second-order valence-electron chi connectivity index (χ2n) is 8.61. The molecular weight excluding hydrogens is 400 g/mol. The van der Waals surface area contributed by atoms with Crippen molar-refractivity contribution in [2.75, 3.05) is 11.4 Å². The van der Waals surface area contributed by atoms with Crippen molar-refractivity contribution in [2.24, 2.45) is 0 Å². The first-order valence-corrected chi connectivity index (χ1v) is 11.4.